The van der Waals surface area contributed by atoms with Gasteiger partial charge >= 0.3 is 0 Å². The zero-order chi connectivity index (χ0) is 20.6. The molecule has 0 bridgehead atoms. The minimum atomic E-state index is -1.19. The SMILES string of the molecule is OC[C@@H]1[C@@H](O)[C@H](O)[C@@H](O)CN1CCCCCCNc1ccc(-n2cnnc2)cc1. The standard InChI is InChI=1S/C20H31N5O4/c26-12-17-19(28)20(29)18(27)11-24(17)10-4-2-1-3-9-21-15-5-7-16(8-6-15)25-13-22-23-14-25/h5-8,13-14,17-21,26-29H,1-4,9-12H2/t17-,18+,19-,20-/m1/s1. The molecule has 9 nitrogen and oxygen atoms in total. The number of aliphatic hydroxyl groups excluding tert-OH is 4. The van der Waals surface area contributed by atoms with Crippen LogP contribution in [0.1, 0.15) is 25.7 Å². The van der Waals surface area contributed by atoms with E-state index < -0.39 is 24.4 Å². The third-order valence-electron chi connectivity index (χ3n) is 5.50. The van der Waals surface area contributed by atoms with Crippen LogP contribution in [-0.2, 0) is 0 Å². The Morgan fingerprint density at radius 2 is 1.62 bits per heavy atom. The van der Waals surface area contributed by atoms with E-state index in [0.29, 0.717) is 6.54 Å². The van der Waals surface area contributed by atoms with Crippen molar-refractivity contribution in [1.29, 1.82) is 0 Å². The molecule has 1 saturated heterocycles. The molecule has 0 aliphatic carbocycles. The molecular formula is C20H31N5O4. The third kappa shape index (κ3) is 5.74. The lowest BCUT2D eigenvalue weighted by Gasteiger charge is -2.43. The minimum absolute atomic E-state index is 0.231. The quantitative estimate of drug-likeness (QED) is 0.350. The number of nitrogens with one attached hydrogen (secondary N) is 1. The molecule has 160 valence electrons. The van der Waals surface area contributed by atoms with Crippen molar-refractivity contribution in [3.8, 4) is 5.69 Å². The van der Waals surface area contributed by atoms with Crippen LogP contribution in [0.4, 0.5) is 5.69 Å². The summed E-state index contributed by atoms with van der Waals surface area (Å²) in [5.41, 5.74) is 2.09. The molecule has 0 saturated carbocycles. The zero-order valence-electron chi connectivity index (χ0n) is 16.5. The van der Waals surface area contributed by atoms with E-state index in [9.17, 15) is 20.4 Å². The fraction of sp³-hybridized carbons (Fsp3) is 0.600. The summed E-state index contributed by atoms with van der Waals surface area (Å²) in [6, 6.07) is 7.58. The first kappa shape index (κ1) is 21.7. The second kappa shape index (κ2) is 10.7. The van der Waals surface area contributed by atoms with E-state index >= 15 is 0 Å². The van der Waals surface area contributed by atoms with Crippen molar-refractivity contribution < 1.29 is 20.4 Å². The van der Waals surface area contributed by atoms with Gasteiger partial charge in [-0.15, -0.1) is 10.2 Å². The normalized spacial score (nSPS) is 25.2. The van der Waals surface area contributed by atoms with E-state index in [4.69, 9.17) is 0 Å². The lowest BCUT2D eigenvalue weighted by atomic mass is 9.94. The average molecular weight is 405 g/mol. The first-order chi connectivity index (χ1) is 14.1. The van der Waals surface area contributed by atoms with Crippen molar-refractivity contribution in [2.45, 2.75) is 50.0 Å². The van der Waals surface area contributed by atoms with Crippen LogP contribution in [0.15, 0.2) is 36.9 Å². The van der Waals surface area contributed by atoms with Crippen molar-refractivity contribution in [1.82, 2.24) is 19.7 Å². The van der Waals surface area contributed by atoms with Gasteiger partial charge in [0.2, 0.25) is 0 Å². The Hall–Kier alpha value is -2.04. The molecular weight excluding hydrogens is 374 g/mol. The van der Waals surface area contributed by atoms with Gasteiger partial charge in [-0.05, 0) is 43.7 Å². The Bertz CT molecular complexity index is 712. The van der Waals surface area contributed by atoms with Crippen LogP contribution >= 0.6 is 0 Å². The molecule has 1 aliphatic heterocycles. The van der Waals surface area contributed by atoms with E-state index in [0.717, 1.165) is 43.6 Å². The predicted octanol–water partition coefficient (Wildman–Crippen LogP) is -0.00120. The second-order valence-corrected chi connectivity index (χ2v) is 7.55. The molecule has 0 radical (unpaired) electrons. The highest BCUT2D eigenvalue weighted by Gasteiger charge is 2.40. The van der Waals surface area contributed by atoms with Gasteiger partial charge in [-0.25, -0.2) is 0 Å². The molecule has 29 heavy (non-hydrogen) atoms. The lowest BCUT2D eigenvalue weighted by molar-refractivity contribution is -0.145. The first-order valence-corrected chi connectivity index (χ1v) is 10.2. The van der Waals surface area contributed by atoms with E-state index in [1.54, 1.807) is 12.7 Å². The van der Waals surface area contributed by atoms with Crippen molar-refractivity contribution in [2.75, 3.05) is 31.6 Å². The number of benzene rings is 1. The number of unbranched alkanes of at least 4 members (excludes halogenated alkanes) is 3. The van der Waals surface area contributed by atoms with Crippen molar-refractivity contribution in [3.63, 3.8) is 0 Å². The molecule has 1 aliphatic rings. The second-order valence-electron chi connectivity index (χ2n) is 7.55. The van der Waals surface area contributed by atoms with Crippen molar-refractivity contribution in [3.05, 3.63) is 36.9 Å². The summed E-state index contributed by atoms with van der Waals surface area (Å²) in [6.07, 6.45) is 4.09. The van der Waals surface area contributed by atoms with Gasteiger partial charge < -0.3 is 25.7 Å². The maximum absolute atomic E-state index is 10.0. The van der Waals surface area contributed by atoms with E-state index in [-0.39, 0.29) is 13.2 Å². The molecule has 1 aromatic heterocycles. The van der Waals surface area contributed by atoms with Crippen LogP contribution < -0.4 is 5.32 Å². The first-order valence-electron chi connectivity index (χ1n) is 10.2. The maximum atomic E-state index is 10.0. The van der Waals surface area contributed by atoms with E-state index in [1.165, 1.54) is 0 Å². The number of aromatic nitrogens is 3. The summed E-state index contributed by atoms with van der Waals surface area (Å²) in [4.78, 5) is 1.87. The molecule has 1 aromatic carbocycles. The number of rotatable bonds is 10. The number of hydrogen-bond donors (Lipinski definition) is 5. The minimum Gasteiger partial charge on any atom is -0.395 e. The molecule has 0 amide bonds. The van der Waals surface area contributed by atoms with Crippen LogP contribution in [0.25, 0.3) is 5.69 Å². The summed E-state index contributed by atoms with van der Waals surface area (Å²) < 4.78 is 1.85. The van der Waals surface area contributed by atoms with Gasteiger partial charge in [-0.2, -0.15) is 0 Å². The summed E-state index contributed by atoms with van der Waals surface area (Å²) in [5.74, 6) is 0. The number of β-amino-alcohol motifs (C(OH)–C–C–N with tert-alkyl or cyclic N) is 1. The number of piperidine rings is 1. The molecule has 1 fully saturated rings. The Morgan fingerprint density at radius 3 is 2.31 bits per heavy atom. The highest BCUT2D eigenvalue weighted by Crippen LogP contribution is 2.20. The van der Waals surface area contributed by atoms with Gasteiger partial charge in [0.25, 0.3) is 0 Å². The summed E-state index contributed by atoms with van der Waals surface area (Å²) >= 11 is 0. The van der Waals surface area contributed by atoms with Gasteiger partial charge in [0.05, 0.1) is 18.8 Å². The maximum Gasteiger partial charge on any atom is 0.123 e. The third-order valence-corrected chi connectivity index (χ3v) is 5.50. The fourth-order valence-corrected chi connectivity index (χ4v) is 3.75. The van der Waals surface area contributed by atoms with E-state index in [1.807, 2.05) is 33.7 Å². The number of hydrogen-bond acceptors (Lipinski definition) is 8. The molecule has 0 unspecified atom stereocenters. The van der Waals surface area contributed by atoms with Gasteiger partial charge in [0.1, 0.15) is 24.9 Å². The van der Waals surface area contributed by atoms with Crippen LogP contribution in [0, 0.1) is 0 Å². The smallest absolute Gasteiger partial charge is 0.123 e. The topological polar surface area (TPSA) is 127 Å². The van der Waals surface area contributed by atoms with E-state index in [2.05, 4.69) is 15.5 Å². The summed E-state index contributed by atoms with van der Waals surface area (Å²) in [5, 5.41) is 50.1. The Morgan fingerprint density at radius 1 is 0.931 bits per heavy atom. The molecule has 0 spiro atoms. The average Bonchev–Trinajstić information content (AvgIpc) is 3.27. The summed E-state index contributed by atoms with van der Waals surface area (Å²) in [6.45, 7) is 1.61. The zero-order valence-corrected chi connectivity index (χ0v) is 16.5. The molecule has 2 aromatic rings. The number of nitrogens with zero attached hydrogens (tertiary/aromatic N) is 4. The molecule has 5 N–H and O–H groups in total. The predicted molar refractivity (Wildman–Crippen MR) is 109 cm³/mol. The highest BCUT2D eigenvalue weighted by atomic mass is 16.4. The van der Waals surface area contributed by atoms with Crippen LogP contribution in [0.2, 0.25) is 0 Å². The van der Waals surface area contributed by atoms with Gasteiger partial charge in [-0.1, -0.05) is 12.8 Å². The fourth-order valence-electron chi connectivity index (χ4n) is 3.75. The van der Waals surface area contributed by atoms with Gasteiger partial charge in [0.15, 0.2) is 0 Å². The highest BCUT2D eigenvalue weighted by molar-refractivity contribution is 5.48. The number of likely N-dealkylation sites (tertiary alicyclic amines) is 1. The number of aliphatic hydroxyl groups is 4. The Balaban J connectivity index is 1.30. The van der Waals surface area contributed by atoms with Crippen LogP contribution in [0.5, 0.6) is 0 Å². The molecule has 9 heteroatoms. The van der Waals surface area contributed by atoms with Gasteiger partial charge in [-0.3, -0.25) is 9.47 Å². The lowest BCUT2D eigenvalue weighted by Crippen LogP contribution is -2.62. The Kier molecular flexibility index (Phi) is 7.96. The molecule has 4 atom stereocenters. The van der Waals surface area contributed by atoms with Crippen LogP contribution in [-0.4, -0.2) is 90.7 Å². The van der Waals surface area contributed by atoms with Crippen molar-refractivity contribution >= 4 is 5.69 Å². The summed E-state index contributed by atoms with van der Waals surface area (Å²) in [7, 11) is 0. The number of anilines is 1. The molecule has 3 rings (SSSR count). The van der Waals surface area contributed by atoms with Crippen molar-refractivity contribution in [2.24, 2.45) is 0 Å². The van der Waals surface area contributed by atoms with Crippen LogP contribution in [0.3, 0.4) is 0 Å². The largest absolute Gasteiger partial charge is 0.395 e. The van der Waals surface area contributed by atoms with Gasteiger partial charge in [0, 0.05) is 24.5 Å². The molecule has 2 heterocycles. The monoisotopic (exact) mass is 405 g/mol. The Labute approximate surface area is 170 Å².